The van der Waals surface area contributed by atoms with E-state index >= 15 is 0 Å². The molecule has 0 aromatic rings. The van der Waals surface area contributed by atoms with Gasteiger partial charge in [-0.2, -0.15) is 0 Å². The van der Waals surface area contributed by atoms with E-state index in [0.717, 1.165) is 0 Å². The van der Waals surface area contributed by atoms with Gasteiger partial charge in [0.25, 0.3) is 0 Å². The average molecular weight is 273 g/mol. The van der Waals surface area contributed by atoms with Crippen LogP contribution in [0.2, 0.25) is 0 Å². The molecule has 0 bridgehead atoms. The average Bonchev–Trinajstić information content (AvgIpc) is 2.39. The number of nitrogens with zero attached hydrogens (tertiary/aromatic N) is 1. The van der Waals surface area contributed by atoms with Gasteiger partial charge in [0.05, 0.1) is 6.54 Å². The topological polar surface area (TPSA) is 98.7 Å². The van der Waals surface area contributed by atoms with Gasteiger partial charge < -0.3 is 20.6 Å². The van der Waals surface area contributed by atoms with E-state index in [1.807, 2.05) is 13.8 Å². The first kappa shape index (κ1) is 17.2. The smallest absolute Gasteiger partial charge is 0.326 e. The first-order valence-corrected chi connectivity index (χ1v) is 6.34. The molecule has 0 aliphatic rings. The summed E-state index contributed by atoms with van der Waals surface area (Å²) in [4.78, 5) is 35.5. The lowest BCUT2D eigenvalue weighted by Gasteiger charge is -2.21. The highest BCUT2D eigenvalue weighted by Crippen LogP contribution is 2.07. The van der Waals surface area contributed by atoms with Crippen molar-refractivity contribution < 1.29 is 19.5 Å². The second-order valence-corrected chi connectivity index (χ2v) is 4.44. The quantitative estimate of drug-likeness (QED) is 0.619. The van der Waals surface area contributed by atoms with E-state index in [9.17, 15) is 14.4 Å². The molecule has 3 N–H and O–H groups in total. The minimum Gasteiger partial charge on any atom is -0.480 e. The molecule has 0 fully saturated rings. The van der Waals surface area contributed by atoms with Crippen molar-refractivity contribution in [3.63, 3.8) is 0 Å². The van der Waals surface area contributed by atoms with Crippen molar-refractivity contribution >= 4 is 17.9 Å². The van der Waals surface area contributed by atoms with Crippen LogP contribution in [0, 0.1) is 5.92 Å². The highest BCUT2D eigenvalue weighted by molar-refractivity contribution is 5.86. The minimum atomic E-state index is -1.08. The number of carboxylic acids is 1. The van der Waals surface area contributed by atoms with Crippen LogP contribution >= 0.6 is 0 Å². The largest absolute Gasteiger partial charge is 0.480 e. The summed E-state index contributed by atoms with van der Waals surface area (Å²) >= 11 is 0. The van der Waals surface area contributed by atoms with Crippen LogP contribution in [0.4, 0.5) is 4.79 Å². The molecule has 2 atom stereocenters. The highest BCUT2D eigenvalue weighted by Gasteiger charge is 2.25. The van der Waals surface area contributed by atoms with Gasteiger partial charge in [-0.3, -0.25) is 4.79 Å². The highest BCUT2D eigenvalue weighted by atomic mass is 16.4. The summed E-state index contributed by atoms with van der Waals surface area (Å²) in [5.74, 6) is -1.49. The summed E-state index contributed by atoms with van der Waals surface area (Å²) in [6.45, 7) is 5.81. The van der Waals surface area contributed by atoms with E-state index in [2.05, 4.69) is 10.6 Å². The second kappa shape index (κ2) is 8.34. The first-order valence-electron chi connectivity index (χ1n) is 6.34. The number of rotatable bonds is 7. The van der Waals surface area contributed by atoms with Gasteiger partial charge in [0.15, 0.2) is 0 Å². The molecule has 0 heterocycles. The van der Waals surface area contributed by atoms with E-state index in [0.29, 0.717) is 13.0 Å². The summed E-state index contributed by atoms with van der Waals surface area (Å²) in [5.41, 5.74) is 0. The second-order valence-electron chi connectivity index (χ2n) is 4.44. The minimum absolute atomic E-state index is 0.150. The zero-order valence-electron chi connectivity index (χ0n) is 11.9. The van der Waals surface area contributed by atoms with Gasteiger partial charge in [-0.1, -0.05) is 20.3 Å². The van der Waals surface area contributed by atoms with Crippen molar-refractivity contribution in [2.75, 3.05) is 20.1 Å². The number of likely N-dealkylation sites (N-methyl/N-ethyl adjacent to an activating group) is 1. The number of hydrogen-bond acceptors (Lipinski definition) is 3. The lowest BCUT2D eigenvalue weighted by molar-refractivity contribution is -0.140. The van der Waals surface area contributed by atoms with Gasteiger partial charge in [-0.15, -0.1) is 0 Å². The Hall–Kier alpha value is -1.79. The number of amides is 3. The Balaban J connectivity index is 4.28. The lowest BCUT2D eigenvalue weighted by atomic mass is 9.99. The molecule has 0 saturated carbocycles. The molecule has 0 aromatic carbocycles. The fourth-order valence-corrected chi connectivity index (χ4v) is 1.34. The molecular weight excluding hydrogens is 250 g/mol. The Bertz CT molecular complexity index is 333. The zero-order chi connectivity index (χ0) is 15.0. The molecule has 7 nitrogen and oxygen atoms in total. The molecule has 7 heteroatoms. The third-order valence-corrected chi connectivity index (χ3v) is 3.07. The number of carbonyl (C=O) groups is 3. The van der Waals surface area contributed by atoms with E-state index in [4.69, 9.17) is 5.11 Å². The number of nitrogens with one attached hydrogen (secondary N) is 2. The Morgan fingerprint density at radius 2 is 1.84 bits per heavy atom. The maximum Gasteiger partial charge on any atom is 0.326 e. The number of carbonyl (C=O) groups excluding carboxylic acids is 2. The fourth-order valence-electron chi connectivity index (χ4n) is 1.34. The van der Waals surface area contributed by atoms with Crippen LogP contribution < -0.4 is 10.6 Å². The SMILES string of the molecule is CCC(C)[C@H](NC(=O)NCC(=O)N(C)CC)C(=O)O. The maximum atomic E-state index is 11.5. The summed E-state index contributed by atoms with van der Waals surface area (Å²) in [5, 5.41) is 13.7. The van der Waals surface area contributed by atoms with Crippen LogP contribution in [0.25, 0.3) is 0 Å². The van der Waals surface area contributed by atoms with Crippen LogP contribution in [0.1, 0.15) is 27.2 Å². The zero-order valence-corrected chi connectivity index (χ0v) is 11.9. The van der Waals surface area contributed by atoms with E-state index < -0.39 is 18.0 Å². The fraction of sp³-hybridized carbons (Fsp3) is 0.750. The number of urea groups is 1. The Morgan fingerprint density at radius 1 is 1.26 bits per heavy atom. The van der Waals surface area contributed by atoms with Gasteiger partial charge in [0.1, 0.15) is 6.04 Å². The van der Waals surface area contributed by atoms with Crippen molar-refractivity contribution in [2.24, 2.45) is 5.92 Å². The molecule has 110 valence electrons. The van der Waals surface area contributed by atoms with Gasteiger partial charge in [0.2, 0.25) is 5.91 Å². The van der Waals surface area contributed by atoms with E-state index in [-0.39, 0.29) is 18.4 Å². The van der Waals surface area contributed by atoms with Crippen LogP contribution in [0.15, 0.2) is 0 Å². The van der Waals surface area contributed by atoms with Crippen molar-refractivity contribution in [2.45, 2.75) is 33.2 Å². The summed E-state index contributed by atoms with van der Waals surface area (Å²) in [6, 6.07) is -1.60. The maximum absolute atomic E-state index is 11.5. The molecule has 0 aromatic heterocycles. The number of hydrogen-bond donors (Lipinski definition) is 3. The Kier molecular flexibility index (Phi) is 7.55. The molecule has 0 aliphatic heterocycles. The third kappa shape index (κ3) is 6.08. The number of carboxylic acid groups (broad SMARTS) is 1. The molecule has 0 aliphatic carbocycles. The van der Waals surface area contributed by atoms with Gasteiger partial charge >= 0.3 is 12.0 Å². The van der Waals surface area contributed by atoms with Crippen LogP contribution in [0.5, 0.6) is 0 Å². The van der Waals surface area contributed by atoms with Crippen molar-refractivity contribution in [1.82, 2.24) is 15.5 Å². The van der Waals surface area contributed by atoms with Gasteiger partial charge in [-0.25, -0.2) is 9.59 Å². The predicted octanol–water partition coefficient (Wildman–Crippen LogP) is 0.263. The first-order chi connectivity index (χ1) is 8.83. The number of aliphatic carboxylic acids is 1. The van der Waals surface area contributed by atoms with Crippen LogP contribution in [-0.2, 0) is 9.59 Å². The van der Waals surface area contributed by atoms with Crippen molar-refractivity contribution in [1.29, 1.82) is 0 Å². The van der Waals surface area contributed by atoms with E-state index in [1.165, 1.54) is 4.90 Å². The van der Waals surface area contributed by atoms with Crippen molar-refractivity contribution in [3.8, 4) is 0 Å². The van der Waals surface area contributed by atoms with Crippen LogP contribution in [-0.4, -0.2) is 54.1 Å². The molecule has 0 saturated heterocycles. The monoisotopic (exact) mass is 273 g/mol. The molecular formula is C12H23N3O4. The summed E-state index contributed by atoms with van der Waals surface area (Å²) < 4.78 is 0. The van der Waals surface area contributed by atoms with Gasteiger partial charge in [0, 0.05) is 13.6 Å². The molecule has 19 heavy (non-hydrogen) atoms. The van der Waals surface area contributed by atoms with Gasteiger partial charge in [-0.05, 0) is 12.8 Å². The molecule has 3 amide bonds. The van der Waals surface area contributed by atoms with E-state index in [1.54, 1.807) is 14.0 Å². The molecule has 0 radical (unpaired) electrons. The van der Waals surface area contributed by atoms with Crippen LogP contribution in [0.3, 0.4) is 0 Å². The summed E-state index contributed by atoms with van der Waals surface area (Å²) in [7, 11) is 1.63. The Morgan fingerprint density at radius 3 is 2.26 bits per heavy atom. The lowest BCUT2D eigenvalue weighted by Crippen LogP contribution is -2.50. The third-order valence-electron chi connectivity index (χ3n) is 3.07. The molecule has 0 spiro atoms. The van der Waals surface area contributed by atoms with Crippen molar-refractivity contribution in [3.05, 3.63) is 0 Å². The predicted molar refractivity (Wildman–Crippen MR) is 70.7 cm³/mol. The standard InChI is InChI=1S/C12H23N3O4/c1-5-8(3)10(11(17)18)14-12(19)13-7-9(16)15(4)6-2/h8,10H,5-7H2,1-4H3,(H,17,18)(H2,13,14,19)/t8?,10-/m0/s1. The Labute approximate surface area is 113 Å². The summed E-state index contributed by atoms with van der Waals surface area (Å²) in [6.07, 6.45) is 0.634. The molecule has 0 rings (SSSR count). The normalized spacial score (nSPS) is 13.3. The molecule has 1 unspecified atom stereocenters.